The van der Waals surface area contributed by atoms with E-state index in [1.807, 2.05) is 32.0 Å². The molecule has 0 fully saturated rings. The van der Waals surface area contributed by atoms with Crippen LogP contribution >= 0.6 is 0 Å². The average molecular weight is 471 g/mol. The quantitative estimate of drug-likeness (QED) is 0.271. The number of rotatable bonds is 7. The van der Waals surface area contributed by atoms with Crippen LogP contribution < -0.4 is 10.4 Å². The highest BCUT2D eigenvalue weighted by Crippen LogP contribution is 2.32. The Balaban J connectivity index is 1.61. The zero-order chi connectivity index (χ0) is 25.1. The molecule has 4 rings (SSSR count). The first-order valence-corrected chi connectivity index (χ1v) is 11.0. The summed E-state index contributed by atoms with van der Waals surface area (Å²) in [4.78, 5) is 28.4. The molecule has 0 aliphatic heterocycles. The number of H-pyrrole nitrogens is 1. The molecule has 0 unspecified atom stereocenters. The highest BCUT2D eigenvalue weighted by molar-refractivity contribution is 6.07. The molecule has 3 N–H and O–H groups in total. The molecule has 1 aromatic heterocycles. The van der Waals surface area contributed by atoms with Crippen LogP contribution in [0.25, 0.3) is 23.0 Å². The lowest BCUT2D eigenvalue weighted by Crippen LogP contribution is -2.14. The maximum absolute atomic E-state index is 12.8. The number of benzene rings is 3. The zero-order valence-corrected chi connectivity index (χ0v) is 19.7. The number of aromatic hydroxyl groups is 1. The largest absolute Gasteiger partial charge is 0.504 e. The number of aliphatic hydroxyl groups excluding tert-OH is 1. The second-order valence-electron chi connectivity index (χ2n) is 8.28. The zero-order valence-electron chi connectivity index (χ0n) is 19.7. The molecule has 0 spiro atoms. The minimum absolute atomic E-state index is 0.136. The van der Waals surface area contributed by atoms with Crippen LogP contribution in [0.2, 0.25) is 0 Å². The van der Waals surface area contributed by atoms with Gasteiger partial charge in [0.05, 0.1) is 25.1 Å². The molecule has 178 valence electrons. The van der Waals surface area contributed by atoms with Gasteiger partial charge in [0.25, 0.3) is 0 Å². The summed E-state index contributed by atoms with van der Waals surface area (Å²) in [6.45, 7) is 3.69. The Kier molecular flexibility index (Phi) is 6.71. The van der Waals surface area contributed by atoms with Crippen molar-refractivity contribution in [3.63, 3.8) is 0 Å². The lowest BCUT2D eigenvalue weighted by molar-refractivity contribution is 0.104. The van der Waals surface area contributed by atoms with E-state index in [1.54, 1.807) is 48.7 Å². The van der Waals surface area contributed by atoms with Gasteiger partial charge in [0.15, 0.2) is 17.3 Å². The first-order chi connectivity index (χ1) is 16.8. The van der Waals surface area contributed by atoms with Crippen LogP contribution in [0.5, 0.6) is 11.5 Å². The fraction of sp³-hybridized carbons (Fsp3) is 0.143. The summed E-state index contributed by atoms with van der Waals surface area (Å²) in [6.07, 6.45) is 4.70. The Morgan fingerprint density at radius 1 is 1.09 bits per heavy atom. The molecule has 7 heteroatoms. The molecule has 0 bridgehead atoms. The van der Waals surface area contributed by atoms with E-state index in [2.05, 4.69) is 4.98 Å². The number of aromatic amines is 1. The Labute approximate surface area is 202 Å². The van der Waals surface area contributed by atoms with Crippen LogP contribution in [0, 0.1) is 13.8 Å². The second-order valence-corrected chi connectivity index (χ2v) is 8.28. The van der Waals surface area contributed by atoms with Gasteiger partial charge in [0.1, 0.15) is 0 Å². The van der Waals surface area contributed by atoms with Crippen LogP contribution in [0.4, 0.5) is 0 Å². The van der Waals surface area contributed by atoms with Gasteiger partial charge in [0.2, 0.25) is 0 Å². The minimum Gasteiger partial charge on any atom is -0.504 e. The maximum Gasteiger partial charge on any atom is 0.330 e. The number of carbonyl (C=O) groups excluding carboxylic acids is 1. The smallest absolute Gasteiger partial charge is 0.330 e. The van der Waals surface area contributed by atoms with Gasteiger partial charge in [-0.1, -0.05) is 30.3 Å². The third-order valence-corrected chi connectivity index (χ3v) is 5.94. The summed E-state index contributed by atoms with van der Waals surface area (Å²) >= 11 is 0. The van der Waals surface area contributed by atoms with Gasteiger partial charge in [-0.25, -0.2) is 4.79 Å². The highest BCUT2D eigenvalue weighted by atomic mass is 16.5. The topological polar surface area (TPSA) is 105 Å². The van der Waals surface area contributed by atoms with Gasteiger partial charge < -0.3 is 19.9 Å². The number of phenols is 1. The van der Waals surface area contributed by atoms with E-state index in [9.17, 15) is 19.8 Å². The number of imidazole rings is 1. The van der Waals surface area contributed by atoms with Crippen molar-refractivity contribution in [2.75, 3.05) is 7.11 Å². The van der Waals surface area contributed by atoms with E-state index in [1.165, 1.54) is 23.3 Å². The van der Waals surface area contributed by atoms with Crippen molar-refractivity contribution >= 4 is 11.9 Å². The van der Waals surface area contributed by atoms with Crippen molar-refractivity contribution in [2.24, 2.45) is 0 Å². The van der Waals surface area contributed by atoms with Gasteiger partial charge in [-0.15, -0.1) is 0 Å². The highest BCUT2D eigenvalue weighted by Gasteiger charge is 2.12. The number of aliphatic hydroxyl groups is 1. The molecular formula is C28H26N2O5. The van der Waals surface area contributed by atoms with Crippen LogP contribution in [-0.2, 0) is 6.61 Å². The summed E-state index contributed by atoms with van der Waals surface area (Å²) in [5.41, 5.74) is 5.47. The molecular weight excluding hydrogens is 444 g/mol. The van der Waals surface area contributed by atoms with Crippen LogP contribution in [0.15, 0.2) is 71.7 Å². The van der Waals surface area contributed by atoms with Crippen molar-refractivity contribution in [1.29, 1.82) is 0 Å². The van der Waals surface area contributed by atoms with E-state index in [0.29, 0.717) is 28.1 Å². The van der Waals surface area contributed by atoms with Gasteiger partial charge in [-0.3, -0.25) is 9.36 Å². The number of nitrogens with one attached hydrogen (secondary N) is 1. The molecule has 0 aliphatic carbocycles. The van der Waals surface area contributed by atoms with E-state index in [0.717, 1.165) is 11.1 Å². The monoisotopic (exact) mass is 470 g/mol. The van der Waals surface area contributed by atoms with Crippen molar-refractivity contribution < 1.29 is 19.7 Å². The third kappa shape index (κ3) is 4.95. The Bertz CT molecular complexity index is 1470. The first kappa shape index (κ1) is 23.8. The Morgan fingerprint density at radius 2 is 1.89 bits per heavy atom. The summed E-state index contributed by atoms with van der Waals surface area (Å²) in [5, 5.41) is 19.5. The van der Waals surface area contributed by atoms with Crippen LogP contribution in [0.1, 0.15) is 32.6 Å². The molecule has 0 radical (unpaired) electrons. The van der Waals surface area contributed by atoms with E-state index in [-0.39, 0.29) is 29.6 Å². The maximum atomic E-state index is 12.8. The normalized spacial score (nSPS) is 11.2. The molecule has 35 heavy (non-hydrogen) atoms. The number of methoxy groups -OCH3 is 1. The van der Waals surface area contributed by atoms with Crippen molar-refractivity contribution in [3.05, 3.63) is 105 Å². The molecule has 0 saturated carbocycles. The van der Waals surface area contributed by atoms with Crippen LogP contribution in [-0.4, -0.2) is 32.7 Å². The lowest BCUT2D eigenvalue weighted by atomic mass is 10.0. The molecule has 0 aliphatic rings. The van der Waals surface area contributed by atoms with Gasteiger partial charge in [-0.2, -0.15) is 0 Å². The SMILES string of the molecule is COc1cc(/C=C/C(=O)c2cccc(-n3cc(-c4ccc(C)c(C)c4)[nH]c3=O)c2)cc(CO)c1O. The molecule has 3 aromatic carbocycles. The summed E-state index contributed by atoms with van der Waals surface area (Å²) in [6, 6.07) is 16.0. The van der Waals surface area contributed by atoms with E-state index in [4.69, 9.17) is 4.74 Å². The Morgan fingerprint density at radius 3 is 2.60 bits per heavy atom. The lowest BCUT2D eigenvalue weighted by Gasteiger charge is -2.08. The molecule has 0 atom stereocenters. The minimum atomic E-state index is -0.366. The number of nitrogens with zero attached hydrogens (tertiary/aromatic N) is 1. The number of ether oxygens (including phenoxy) is 1. The second kappa shape index (κ2) is 9.87. The fourth-order valence-corrected chi connectivity index (χ4v) is 3.78. The molecule has 4 aromatic rings. The van der Waals surface area contributed by atoms with Crippen molar-refractivity contribution in [3.8, 4) is 28.4 Å². The summed E-state index contributed by atoms with van der Waals surface area (Å²) in [7, 11) is 1.41. The number of allylic oxidation sites excluding steroid dienone is 1. The molecule has 0 amide bonds. The van der Waals surface area contributed by atoms with E-state index < -0.39 is 0 Å². The van der Waals surface area contributed by atoms with Gasteiger partial charge in [0, 0.05) is 17.3 Å². The van der Waals surface area contributed by atoms with Gasteiger partial charge in [-0.05, 0) is 72.5 Å². The summed E-state index contributed by atoms with van der Waals surface area (Å²) < 4.78 is 6.60. The Hall–Kier alpha value is -4.36. The van der Waals surface area contributed by atoms with Crippen molar-refractivity contribution in [1.82, 2.24) is 9.55 Å². The number of aryl methyl sites for hydroxylation is 2. The molecule has 7 nitrogen and oxygen atoms in total. The number of hydrogen-bond acceptors (Lipinski definition) is 5. The predicted molar refractivity (Wildman–Crippen MR) is 135 cm³/mol. The average Bonchev–Trinajstić information content (AvgIpc) is 3.26. The van der Waals surface area contributed by atoms with Crippen molar-refractivity contribution in [2.45, 2.75) is 20.5 Å². The summed E-state index contributed by atoms with van der Waals surface area (Å²) in [5.74, 6) is -0.192. The number of carbonyl (C=O) groups is 1. The van der Waals surface area contributed by atoms with Crippen LogP contribution in [0.3, 0.4) is 0 Å². The first-order valence-electron chi connectivity index (χ1n) is 11.0. The van der Waals surface area contributed by atoms with E-state index >= 15 is 0 Å². The van der Waals surface area contributed by atoms with Gasteiger partial charge >= 0.3 is 5.69 Å². The third-order valence-electron chi connectivity index (χ3n) is 5.94. The molecule has 0 saturated heterocycles. The standard InChI is InChI=1S/C28H26N2O5/c1-17-7-9-20(11-18(17)2)24-15-30(28(34)29-24)23-6-4-5-21(14-23)25(32)10-8-19-12-22(16-31)27(33)26(13-19)35-3/h4-15,31,33H,16H2,1-3H3,(H,29,34)/b10-8+. The fourth-order valence-electron chi connectivity index (χ4n) is 3.78. The number of hydrogen-bond donors (Lipinski definition) is 3. The number of aromatic nitrogens is 2. The predicted octanol–water partition coefficient (Wildman–Crippen LogP) is 4.55. The molecule has 1 heterocycles. The number of ketones is 1.